The lowest BCUT2D eigenvalue weighted by molar-refractivity contribution is -0.144. The van der Waals surface area contributed by atoms with Gasteiger partial charge in [-0.2, -0.15) is 0 Å². The number of nitrogens with one attached hydrogen (secondary N) is 1. The van der Waals surface area contributed by atoms with Crippen molar-refractivity contribution in [3.63, 3.8) is 0 Å². The third-order valence-electron chi connectivity index (χ3n) is 6.11. The van der Waals surface area contributed by atoms with Crippen LogP contribution in [0.3, 0.4) is 0 Å². The van der Waals surface area contributed by atoms with Gasteiger partial charge in [-0.25, -0.2) is 4.79 Å². The largest absolute Gasteiger partial charge is 0.507 e. The highest BCUT2D eigenvalue weighted by Gasteiger charge is 2.31. The van der Waals surface area contributed by atoms with Crippen LogP contribution in [0.5, 0.6) is 11.5 Å². The van der Waals surface area contributed by atoms with Crippen molar-refractivity contribution in [3.05, 3.63) is 33.9 Å². The van der Waals surface area contributed by atoms with Crippen molar-refractivity contribution in [2.45, 2.75) is 52.6 Å². The molecule has 2 aliphatic rings. The van der Waals surface area contributed by atoms with Crippen molar-refractivity contribution in [1.82, 2.24) is 10.2 Å². The molecule has 1 fully saturated rings. The van der Waals surface area contributed by atoms with Gasteiger partial charge in [0, 0.05) is 30.8 Å². The Morgan fingerprint density at radius 1 is 1.31 bits per heavy atom. The van der Waals surface area contributed by atoms with Crippen LogP contribution in [-0.2, 0) is 27.3 Å². The molecule has 0 saturated carbocycles. The van der Waals surface area contributed by atoms with E-state index in [4.69, 9.17) is 14.2 Å². The first-order valence-electron chi connectivity index (χ1n) is 11.2. The van der Waals surface area contributed by atoms with Crippen molar-refractivity contribution in [3.8, 4) is 11.5 Å². The first-order chi connectivity index (χ1) is 15.4. The summed E-state index contributed by atoms with van der Waals surface area (Å²) in [6, 6.07) is 0. The number of benzene rings is 1. The lowest BCUT2D eigenvalue weighted by Crippen LogP contribution is -2.35. The summed E-state index contributed by atoms with van der Waals surface area (Å²) in [7, 11) is 1.55. The van der Waals surface area contributed by atoms with E-state index in [1.165, 1.54) is 6.42 Å². The van der Waals surface area contributed by atoms with Gasteiger partial charge in [-0.1, -0.05) is 11.6 Å². The van der Waals surface area contributed by atoms with Gasteiger partial charge >= 0.3 is 11.9 Å². The molecule has 8 nitrogen and oxygen atoms in total. The maximum atomic E-state index is 12.1. The molecule has 0 aliphatic carbocycles. The summed E-state index contributed by atoms with van der Waals surface area (Å²) in [4.78, 5) is 26.4. The fraction of sp³-hybridized carbons (Fsp3) is 0.583. The Labute approximate surface area is 189 Å². The quantitative estimate of drug-likeness (QED) is 0.442. The molecule has 2 aliphatic heterocycles. The van der Waals surface area contributed by atoms with Crippen molar-refractivity contribution >= 4 is 11.9 Å². The number of fused-ring (bicyclic) bond motifs is 1. The second-order valence-electron chi connectivity index (χ2n) is 8.37. The third kappa shape index (κ3) is 5.81. The van der Waals surface area contributed by atoms with Gasteiger partial charge in [0.05, 0.1) is 7.11 Å². The lowest BCUT2D eigenvalue weighted by atomic mass is 9.94. The van der Waals surface area contributed by atoms with Gasteiger partial charge < -0.3 is 24.6 Å². The van der Waals surface area contributed by atoms with Crippen LogP contribution >= 0.6 is 0 Å². The minimum absolute atomic E-state index is 0.0867. The van der Waals surface area contributed by atoms with Gasteiger partial charge in [-0.3, -0.25) is 9.69 Å². The van der Waals surface area contributed by atoms with Crippen molar-refractivity contribution < 1.29 is 28.9 Å². The first kappa shape index (κ1) is 24.1. The maximum absolute atomic E-state index is 12.1. The molecule has 1 aromatic carbocycles. The predicted molar refractivity (Wildman–Crippen MR) is 120 cm³/mol. The number of nitrogens with zero attached hydrogens (tertiary/aromatic N) is 1. The number of phenols is 1. The number of ether oxygens (including phenoxy) is 3. The number of hydrogen-bond acceptors (Lipinski definition) is 8. The Balaban J connectivity index is 1.51. The molecule has 1 saturated heterocycles. The van der Waals surface area contributed by atoms with Crippen LogP contribution in [0.15, 0.2) is 11.6 Å². The van der Waals surface area contributed by atoms with E-state index in [9.17, 15) is 14.7 Å². The Kier molecular flexibility index (Phi) is 8.53. The molecular weight excluding hydrogens is 412 g/mol. The molecule has 8 heteroatoms. The van der Waals surface area contributed by atoms with E-state index in [2.05, 4.69) is 10.2 Å². The topological polar surface area (TPSA) is 97.3 Å². The van der Waals surface area contributed by atoms with Crippen LogP contribution in [0, 0.1) is 6.92 Å². The first-order valence-corrected chi connectivity index (χ1v) is 11.2. The standard InChI is InChI=1S/C24H34N2O6/c1-16(7-9-20(27)31-13-12-26-11-5-4-10-25-15-26)6-8-18-22(28)21-19(14-32-24(21)29)17(2)23(18)30-3/h6,25,28H,4-5,7-15H2,1-3H3/b16-6+. The zero-order valence-corrected chi connectivity index (χ0v) is 19.3. The Bertz CT molecular complexity index is 872. The molecule has 3 rings (SSSR count). The number of cyclic esters (lactones) is 1. The molecule has 0 aromatic heterocycles. The number of carbonyl (C=O) groups is 2. The summed E-state index contributed by atoms with van der Waals surface area (Å²) in [6.45, 7) is 8.00. The predicted octanol–water partition coefficient (Wildman–Crippen LogP) is 2.83. The molecule has 0 amide bonds. The third-order valence-corrected chi connectivity index (χ3v) is 6.11. The van der Waals surface area contributed by atoms with Crippen LogP contribution in [0.1, 0.15) is 59.7 Å². The summed E-state index contributed by atoms with van der Waals surface area (Å²) < 4.78 is 16.0. The molecule has 0 spiro atoms. The Hall–Kier alpha value is -2.58. The van der Waals surface area contributed by atoms with Crippen molar-refractivity contribution in [2.24, 2.45) is 0 Å². The molecule has 1 aromatic rings. The number of methoxy groups -OCH3 is 1. The fourth-order valence-electron chi connectivity index (χ4n) is 4.16. The monoisotopic (exact) mass is 446 g/mol. The van der Waals surface area contributed by atoms with Crippen LogP contribution in [-0.4, -0.2) is 62.0 Å². The molecule has 2 N–H and O–H groups in total. The van der Waals surface area contributed by atoms with Gasteiger partial charge in [0.15, 0.2) is 0 Å². The summed E-state index contributed by atoms with van der Waals surface area (Å²) >= 11 is 0. The van der Waals surface area contributed by atoms with E-state index in [-0.39, 0.29) is 23.9 Å². The highest BCUT2D eigenvalue weighted by Crippen LogP contribution is 2.42. The minimum Gasteiger partial charge on any atom is -0.507 e. The Morgan fingerprint density at radius 2 is 2.12 bits per heavy atom. The smallest absolute Gasteiger partial charge is 0.342 e. The molecular formula is C24H34N2O6. The van der Waals surface area contributed by atoms with E-state index in [1.807, 2.05) is 19.9 Å². The normalized spacial score (nSPS) is 17.0. The van der Waals surface area contributed by atoms with Crippen molar-refractivity contribution in [1.29, 1.82) is 0 Å². The highest BCUT2D eigenvalue weighted by atomic mass is 16.5. The number of carbonyl (C=O) groups excluding carboxylic acids is 2. The van der Waals surface area contributed by atoms with Crippen LogP contribution in [0.4, 0.5) is 0 Å². The average Bonchev–Trinajstić information content (AvgIpc) is 2.98. The average molecular weight is 447 g/mol. The van der Waals surface area contributed by atoms with Crippen LogP contribution < -0.4 is 10.1 Å². The van der Waals surface area contributed by atoms with Gasteiger partial charge in [-0.05, 0) is 58.2 Å². The number of phenolic OH excluding ortho intramolecular Hbond substituents is 1. The fourth-order valence-corrected chi connectivity index (χ4v) is 4.16. The van der Waals surface area contributed by atoms with E-state index in [0.29, 0.717) is 42.7 Å². The minimum atomic E-state index is -0.510. The zero-order valence-electron chi connectivity index (χ0n) is 19.3. The van der Waals surface area contributed by atoms with Gasteiger partial charge in [0.25, 0.3) is 0 Å². The summed E-state index contributed by atoms with van der Waals surface area (Å²) in [5, 5.41) is 14.0. The molecule has 0 unspecified atom stereocenters. The molecule has 2 heterocycles. The van der Waals surface area contributed by atoms with Gasteiger partial charge in [0.1, 0.15) is 30.3 Å². The zero-order chi connectivity index (χ0) is 23.1. The number of aromatic hydroxyl groups is 1. The maximum Gasteiger partial charge on any atom is 0.342 e. The molecule has 0 bridgehead atoms. The summed E-state index contributed by atoms with van der Waals surface area (Å²) in [6.07, 6.45) is 5.55. The number of rotatable bonds is 9. The van der Waals surface area contributed by atoms with Crippen LogP contribution in [0.2, 0.25) is 0 Å². The second kappa shape index (κ2) is 11.3. The summed E-state index contributed by atoms with van der Waals surface area (Å²) in [5.74, 6) is -0.247. The van der Waals surface area contributed by atoms with E-state index >= 15 is 0 Å². The lowest BCUT2D eigenvalue weighted by Gasteiger charge is -2.19. The molecule has 176 valence electrons. The number of hydrogen-bond donors (Lipinski definition) is 2. The molecule has 0 radical (unpaired) electrons. The van der Waals surface area contributed by atoms with E-state index < -0.39 is 5.97 Å². The summed E-state index contributed by atoms with van der Waals surface area (Å²) in [5.41, 5.74) is 3.26. The second-order valence-corrected chi connectivity index (χ2v) is 8.37. The van der Waals surface area contributed by atoms with Gasteiger partial charge in [0.2, 0.25) is 0 Å². The van der Waals surface area contributed by atoms with E-state index in [1.54, 1.807) is 7.11 Å². The number of allylic oxidation sites excluding steroid dienone is 2. The number of esters is 2. The van der Waals surface area contributed by atoms with Gasteiger partial charge in [-0.15, -0.1) is 0 Å². The van der Waals surface area contributed by atoms with E-state index in [0.717, 1.165) is 43.9 Å². The van der Waals surface area contributed by atoms with Crippen molar-refractivity contribution in [2.75, 3.05) is 40.0 Å². The molecule has 32 heavy (non-hydrogen) atoms. The SMILES string of the molecule is COc1c(C)c2c(c(O)c1C/C=C(\C)CCC(=O)OCCN1CCCCNC1)C(=O)OC2. The Morgan fingerprint density at radius 3 is 2.91 bits per heavy atom. The highest BCUT2D eigenvalue weighted by molar-refractivity contribution is 5.98. The molecule has 0 atom stereocenters. The van der Waals surface area contributed by atoms with Crippen LogP contribution in [0.25, 0.3) is 0 Å².